The second kappa shape index (κ2) is 6.78. The third-order valence-electron chi connectivity index (χ3n) is 2.34. The molecule has 3 N–H and O–H groups in total. The number of hydrogen-bond acceptors (Lipinski definition) is 2. The standard InChI is InChI=1S/C12H16F2N2O2/c1-2-3-4-5-15-12(18)16-8-6-9(13)11(17)10(14)7-8/h6-7,17H,2-5H2,1H3,(H2,15,16,18). The van der Waals surface area contributed by atoms with E-state index >= 15 is 0 Å². The highest BCUT2D eigenvalue weighted by Gasteiger charge is 2.10. The number of benzene rings is 1. The average Bonchev–Trinajstić information content (AvgIpc) is 2.31. The van der Waals surface area contributed by atoms with Gasteiger partial charge in [-0.25, -0.2) is 13.6 Å². The first-order chi connectivity index (χ1) is 8.54. The van der Waals surface area contributed by atoms with Crippen LogP contribution in [-0.2, 0) is 0 Å². The van der Waals surface area contributed by atoms with Crippen LogP contribution in [0.1, 0.15) is 26.2 Å². The molecule has 0 aliphatic carbocycles. The summed E-state index contributed by atoms with van der Waals surface area (Å²) in [6.07, 6.45) is 2.89. The molecule has 100 valence electrons. The number of rotatable bonds is 5. The lowest BCUT2D eigenvalue weighted by Gasteiger charge is -2.08. The van der Waals surface area contributed by atoms with Gasteiger partial charge in [0.2, 0.25) is 0 Å². The van der Waals surface area contributed by atoms with Gasteiger partial charge < -0.3 is 15.7 Å². The van der Waals surface area contributed by atoms with Crippen molar-refractivity contribution in [1.82, 2.24) is 5.32 Å². The molecule has 0 fully saturated rings. The minimum atomic E-state index is -1.11. The summed E-state index contributed by atoms with van der Waals surface area (Å²) < 4.78 is 26.0. The van der Waals surface area contributed by atoms with Gasteiger partial charge in [-0.05, 0) is 6.42 Å². The van der Waals surface area contributed by atoms with Crippen LogP contribution in [0.3, 0.4) is 0 Å². The van der Waals surface area contributed by atoms with Gasteiger partial charge in [-0.15, -0.1) is 0 Å². The molecule has 1 rings (SSSR count). The molecule has 0 unspecified atom stereocenters. The number of hydrogen-bond donors (Lipinski definition) is 3. The first-order valence-corrected chi connectivity index (χ1v) is 5.77. The lowest BCUT2D eigenvalue weighted by molar-refractivity contribution is 0.252. The Morgan fingerprint density at radius 2 is 1.89 bits per heavy atom. The lowest BCUT2D eigenvalue weighted by Crippen LogP contribution is -2.29. The van der Waals surface area contributed by atoms with E-state index in [2.05, 4.69) is 10.6 Å². The molecule has 0 aliphatic heterocycles. The maximum atomic E-state index is 13.0. The van der Waals surface area contributed by atoms with Crippen LogP contribution in [0.2, 0.25) is 0 Å². The second-order valence-corrected chi connectivity index (χ2v) is 3.88. The quantitative estimate of drug-likeness (QED) is 0.561. The van der Waals surface area contributed by atoms with Crippen molar-refractivity contribution in [2.45, 2.75) is 26.2 Å². The normalized spacial score (nSPS) is 10.2. The zero-order valence-electron chi connectivity index (χ0n) is 10.1. The van der Waals surface area contributed by atoms with Crippen LogP contribution in [0.25, 0.3) is 0 Å². The van der Waals surface area contributed by atoms with Gasteiger partial charge in [-0.1, -0.05) is 19.8 Å². The number of carbonyl (C=O) groups excluding carboxylic acids is 1. The lowest BCUT2D eigenvalue weighted by atomic mass is 10.2. The zero-order valence-corrected chi connectivity index (χ0v) is 10.1. The van der Waals surface area contributed by atoms with Crippen LogP contribution in [0, 0.1) is 11.6 Å². The highest BCUT2D eigenvalue weighted by Crippen LogP contribution is 2.23. The Bertz CT molecular complexity index is 402. The molecule has 0 aromatic heterocycles. The predicted molar refractivity (Wildman–Crippen MR) is 64.6 cm³/mol. The number of aromatic hydroxyl groups is 1. The van der Waals surface area contributed by atoms with Gasteiger partial charge in [0.05, 0.1) is 0 Å². The fourth-order valence-corrected chi connectivity index (χ4v) is 1.39. The Morgan fingerprint density at radius 3 is 2.44 bits per heavy atom. The molecule has 0 atom stereocenters. The molecule has 0 saturated carbocycles. The van der Waals surface area contributed by atoms with E-state index < -0.39 is 23.4 Å². The number of nitrogens with one attached hydrogen (secondary N) is 2. The Hall–Kier alpha value is -1.85. The number of unbranched alkanes of at least 4 members (excludes halogenated alkanes) is 2. The van der Waals surface area contributed by atoms with Crippen molar-refractivity contribution >= 4 is 11.7 Å². The van der Waals surface area contributed by atoms with Crippen LogP contribution < -0.4 is 10.6 Å². The van der Waals surface area contributed by atoms with Gasteiger partial charge in [0.15, 0.2) is 17.4 Å². The summed E-state index contributed by atoms with van der Waals surface area (Å²) in [5.41, 5.74) is -0.0456. The van der Waals surface area contributed by atoms with E-state index in [1.807, 2.05) is 6.92 Å². The SMILES string of the molecule is CCCCCNC(=O)Nc1cc(F)c(O)c(F)c1. The number of urea groups is 1. The smallest absolute Gasteiger partial charge is 0.319 e. The number of amides is 2. The third-order valence-corrected chi connectivity index (χ3v) is 2.34. The molecule has 1 aromatic rings. The minimum Gasteiger partial charge on any atom is -0.503 e. The molecule has 0 heterocycles. The first kappa shape index (κ1) is 14.2. The van der Waals surface area contributed by atoms with Crippen molar-refractivity contribution in [1.29, 1.82) is 0 Å². The fourth-order valence-electron chi connectivity index (χ4n) is 1.39. The average molecular weight is 258 g/mol. The van der Waals surface area contributed by atoms with E-state index in [-0.39, 0.29) is 5.69 Å². The maximum Gasteiger partial charge on any atom is 0.319 e. The summed E-state index contributed by atoms with van der Waals surface area (Å²) in [6.45, 7) is 2.55. The minimum absolute atomic E-state index is 0.0456. The summed E-state index contributed by atoms with van der Waals surface area (Å²) in [4.78, 5) is 11.4. The zero-order chi connectivity index (χ0) is 13.5. The van der Waals surface area contributed by atoms with E-state index in [9.17, 15) is 13.6 Å². The van der Waals surface area contributed by atoms with E-state index in [4.69, 9.17) is 5.11 Å². The highest BCUT2D eigenvalue weighted by atomic mass is 19.1. The summed E-state index contributed by atoms with van der Waals surface area (Å²) in [6, 6.07) is 1.17. The van der Waals surface area contributed by atoms with Crippen LogP contribution in [0.15, 0.2) is 12.1 Å². The molecular weight excluding hydrogens is 242 g/mol. The van der Waals surface area contributed by atoms with E-state index in [1.54, 1.807) is 0 Å². The number of halogens is 2. The Balaban J connectivity index is 2.49. The number of anilines is 1. The number of phenolic OH excluding ortho intramolecular Hbond substituents is 1. The predicted octanol–water partition coefficient (Wildman–Crippen LogP) is 2.98. The van der Waals surface area contributed by atoms with Gasteiger partial charge >= 0.3 is 6.03 Å². The van der Waals surface area contributed by atoms with Crippen LogP contribution in [-0.4, -0.2) is 17.7 Å². The molecule has 0 radical (unpaired) electrons. The fraction of sp³-hybridized carbons (Fsp3) is 0.417. The Morgan fingerprint density at radius 1 is 1.28 bits per heavy atom. The van der Waals surface area contributed by atoms with Gasteiger partial charge in [0.25, 0.3) is 0 Å². The van der Waals surface area contributed by atoms with Gasteiger partial charge in [-0.3, -0.25) is 0 Å². The number of carbonyl (C=O) groups is 1. The van der Waals surface area contributed by atoms with Crippen molar-refractivity contribution in [2.24, 2.45) is 0 Å². The monoisotopic (exact) mass is 258 g/mol. The topological polar surface area (TPSA) is 61.4 Å². The van der Waals surface area contributed by atoms with Crippen molar-refractivity contribution in [3.63, 3.8) is 0 Å². The molecule has 6 heteroatoms. The summed E-state index contributed by atoms with van der Waals surface area (Å²) in [5, 5.41) is 13.7. The molecular formula is C12H16F2N2O2. The summed E-state index contributed by atoms with van der Waals surface area (Å²) in [5.74, 6) is -3.28. The van der Waals surface area contributed by atoms with Crippen molar-refractivity contribution in [3.8, 4) is 5.75 Å². The maximum absolute atomic E-state index is 13.0. The molecule has 0 spiro atoms. The summed E-state index contributed by atoms with van der Waals surface area (Å²) in [7, 11) is 0. The highest BCUT2D eigenvalue weighted by molar-refractivity contribution is 5.89. The summed E-state index contributed by atoms with van der Waals surface area (Å²) >= 11 is 0. The van der Waals surface area contributed by atoms with Gasteiger partial charge in [0, 0.05) is 24.4 Å². The van der Waals surface area contributed by atoms with Crippen molar-refractivity contribution in [3.05, 3.63) is 23.8 Å². The van der Waals surface area contributed by atoms with Gasteiger partial charge in [0.1, 0.15) is 0 Å². The van der Waals surface area contributed by atoms with E-state index in [0.717, 1.165) is 31.4 Å². The molecule has 0 aliphatic rings. The molecule has 1 aromatic carbocycles. The molecule has 0 bridgehead atoms. The molecule has 2 amide bonds. The molecule has 0 saturated heterocycles. The number of phenols is 1. The first-order valence-electron chi connectivity index (χ1n) is 5.77. The van der Waals surface area contributed by atoms with Crippen molar-refractivity contribution < 1.29 is 18.7 Å². The van der Waals surface area contributed by atoms with Crippen LogP contribution in [0.5, 0.6) is 5.75 Å². The Kier molecular flexibility index (Phi) is 5.35. The van der Waals surface area contributed by atoms with E-state index in [0.29, 0.717) is 6.54 Å². The van der Waals surface area contributed by atoms with Crippen molar-refractivity contribution in [2.75, 3.05) is 11.9 Å². The van der Waals surface area contributed by atoms with Crippen LogP contribution >= 0.6 is 0 Å². The van der Waals surface area contributed by atoms with Gasteiger partial charge in [-0.2, -0.15) is 0 Å². The third kappa shape index (κ3) is 4.20. The Labute approximate surface area is 104 Å². The molecule has 18 heavy (non-hydrogen) atoms. The van der Waals surface area contributed by atoms with Crippen LogP contribution in [0.4, 0.5) is 19.3 Å². The molecule has 4 nitrogen and oxygen atoms in total. The van der Waals surface area contributed by atoms with E-state index in [1.165, 1.54) is 0 Å². The second-order valence-electron chi connectivity index (χ2n) is 3.88. The largest absolute Gasteiger partial charge is 0.503 e.